The zero-order chi connectivity index (χ0) is 29.1. The van der Waals surface area contributed by atoms with Gasteiger partial charge in [-0.2, -0.15) is 0 Å². The third kappa shape index (κ3) is 8.46. The van der Waals surface area contributed by atoms with Crippen molar-refractivity contribution >= 4 is 23.7 Å². The van der Waals surface area contributed by atoms with E-state index in [0.29, 0.717) is 48.4 Å². The second-order valence-electron chi connectivity index (χ2n) is 10.8. The summed E-state index contributed by atoms with van der Waals surface area (Å²) in [5, 5.41) is 6.02. The van der Waals surface area contributed by atoms with Crippen LogP contribution in [0.1, 0.15) is 99.2 Å². The van der Waals surface area contributed by atoms with Gasteiger partial charge in [0, 0.05) is 30.1 Å². The third-order valence-electron chi connectivity index (χ3n) is 7.90. The van der Waals surface area contributed by atoms with Crippen LogP contribution in [-0.4, -0.2) is 62.3 Å². The highest BCUT2D eigenvalue weighted by atomic mass is 16.5. The summed E-state index contributed by atoms with van der Waals surface area (Å²) in [7, 11) is 1.59. The Kier molecular flexibility index (Phi) is 12.3. The first kappa shape index (κ1) is 31.5. The average molecular weight is 558 g/mol. The van der Waals surface area contributed by atoms with E-state index in [2.05, 4.69) is 22.5 Å². The van der Waals surface area contributed by atoms with Crippen molar-refractivity contribution in [1.82, 2.24) is 10.2 Å². The first-order valence-corrected chi connectivity index (χ1v) is 14.8. The summed E-state index contributed by atoms with van der Waals surface area (Å²) < 4.78 is 16.6. The highest BCUT2D eigenvalue weighted by Crippen LogP contribution is 2.41. The summed E-state index contributed by atoms with van der Waals surface area (Å²) in [4.78, 5) is 40.4. The topological polar surface area (TPSA) is 106 Å². The molecule has 2 heterocycles. The van der Waals surface area contributed by atoms with E-state index in [1.54, 1.807) is 7.11 Å². The quantitative estimate of drug-likeness (QED) is 0.211. The number of fused-ring (bicyclic) bond motifs is 1. The van der Waals surface area contributed by atoms with Crippen LogP contribution in [-0.2, 0) is 27.3 Å². The van der Waals surface area contributed by atoms with Crippen LogP contribution in [0.5, 0.6) is 5.75 Å². The van der Waals surface area contributed by atoms with Crippen LogP contribution in [0.25, 0.3) is 0 Å². The van der Waals surface area contributed by atoms with Gasteiger partial charge in [-0.3, -0.25) is 9.69 Å². The molecule has 40 heavy (non-hydrogen) atoms. The van der Waals surface area contributed by atoms with Gasteiger partial charge in [0.1, 0.15) is 19.0 Å². The summed E-state index contributed by atoms with van der Waals surface area (Å²) in [6.07, 6.45) is 9.54. The number of carbonyl (C=O) groups is 3. The number of likely N-dealkylation sites (tertiary alicyclic amines) is 1. The van der Waals surface area contributed by atoms with E-state index < -0.39 is 5.97 Å². The van der Waals surface area contributed by atoms with E-state index >= 15 is 0 Å². The Morgan fingerprint density at radius 1 is 1.18 bits per heavy atom. The summed E-state index contributed by atoms with van der Waals surface area (Å²) in [5.41, 5.74) is 4.09. The number of allylic oxidation sites excluding steroid dienone is 2. The van der Waals surface area contributed by atoms with Crippen molar-refractivity contribution in [1.29, 1.82) is 0 Å². The molecule has 2 aliphatic rings. The number of urea groups is 1. The molecule has 0 aromatic heterocycles. The summed E-state index contributed by atoms with van der Waals surface area (Å²) in [5.74, 6) is -0.0309. The van der Waals surface area contributed by atoms with Crippen molar-refractivity contribution in [3.8, 4) is 5.75 Å². The molecule has 2 N–H and O–H groups in total. The highest BCUT2D eigenvalue weighted by Gasteiger charge is 2.33. The fourth-order valence-electron chi connectivity index (χ4n) is 5.40. The van der Waals surface area contributed by atoms with Gasteiger partial charge in [0.15, 0.2) is 0 Å². The predicted octanol–water partition coefficient (Wildman–Crippen LogP) is 5.67. The Labute approximate surface area is 239 Å². The van der Waals surface area contributed by atoms with Crippen LogP contribution in [0.2, 0.25) is 0 Å². The van der Waals surface area contributed by atoms with E-state index in [-0.39, 0.29) is 24.6 Å². The number of nitrogens with zero attached hydrogens (tertiary/aromatic N) is 1. The number of nitrogens with one attached hydrogen (secondary N) is 2. The lowest BCUT2D eigenvalue weighted by atomic mass is 9.93. The molecule has 1 fully saturated rings. The van der Waals surface area contributed by atoms with E-state index in [1.807, 2.05) is 26.8 Å². The van der Waals surface area contributed by atoms with E-state index in [0.717, 1.165) is 62.0 Å². The Morgan fingerprint density at radius 2 is 1.93 bits per heavy atom. The molecule has 1 saturated heterocycles. The molecule has 1 aromatic rings. The van der Waals surface area contributed by atoms with Crippen molar-refractivity contribution in [3.05, 3.63) is 33.9 Å². The van der Waals surface area contributed by atoms with Gasteiger partial charge >= 0.3 is 18.0 Å². The van der Waals surface area contributed by atoms with E-state index in [4.69, 9.17) is 14.2 Å². The van der Waals surface area contributed by atoms with Crippen LogP contribution in [0.4, 0.5) is 10.5 Å². The first-order chi connectivity index (χ1) is 19.3. The maximum atomic E-state index is 13.1. The molecule has 1 aromatic carbocycles. The minimum absolute atomic E-state index is 0.0491. The highest BCUT2D eigenvalue weighted by molar-refractivity contribution is 6.05. The summed E-state index contributed by atoms with van der Waals surface area (Å²) in [6.45, 7) is 11.6. The number of hydrogen-bond acceptors (Lipinski definition) is 7. The molecule has 9 nitrogen and oxygen atoms in total. The molecular weight excluding hydrogens is 510 g/mol. The molecule has 2 aliphatic heterocycles. The third-order valence-corrected chi connectivity index (χ3v) is 7.90. The van der Waals surface area contributed by atoms with Crippen LogP contribution in [0.15, 0.2) is 11.6 Å². The Morgan fingerprint density at radius 3 is 2.60 bits per heavy atom. The van der Waals surface area contributed by atoms with Gasteiger partial charge in [-0.25, -0.2) is 9.59 Å². The molecule has 0 bridgehead atoms. The number of ether oxygens (including phenoxy) is 3. The van der Waals surface area contributed by atoms with Gasteiger partial charge in [0.2, 0.25) is 0 Å². The molecule has 0 saturated carbocycles. The minimum Gasteiger partial charge on any atom is -0.496 e. The van der Waals surface area contributed by atoms with E-state index in [1.165, 1.54) is 12.8 Å². The van der Waals surface area contributed by atoms with Crippen molar-refractivity contribution in [3.63, 3.8) is 0 Å². The maximum Gasteiger partial charge on any atom is 0.341 e. The lowest BCUT2D eigenvalue weighted by Crippen LogP contribution is -2.38. The zero-order valence-corrected chi connectivity index (χ0v) is 25.0. The van der Waals surface area contributed by atoms with Gasteiger partial charge in [0.25, 0.3) is 0 Å². The van der Waals surface area contributed by atoms with Crippen LogP contribution >= 0.6 is 0 Å². The van der Waals surface area contributed by atoms with Crippen molar-refractivity contribution in [2.45, 2.75) is 98.1 Å². The number of cyclic esters (lactones) is 1. The monoisotopic (exact) mass is 557 g/mol. The summed E-state index contributed by atoms with van der Waals surface area (Å²) >= 11 is 0. The largest absolute Gasteiger partial charge is 0.496 e. The second-order valence-corrected chi connectivity index (χ2v) is 10.8. The SMILES string of the molecule is CCCCC(CC)NC(=O)Nc1c(C/C=C(\C)CCC(=O)OCCN2CCCC2)c(OC)c(C)c2c1C(=O)OC2. The fraction of sp³-hybridized carbons (Fsp3) is 0.645. The first-order valence-electron chi connectivity index (χ1n) is 14.8. The van der Waals surface area contributed by atoms with Gasteiger partial charge in [0.05, 0.1) is 18.4 Å². The molecule has 0 radical (unpaired) electrons. The molecule has 2 amide bonds. The molecule has 1 atom stereocenters. The standard InChI is InChI=1S/C31H47N3O6/c1-6-8-11-23(7-2)32-31(37)33-28-24(29(38-5)22(4)25-20-40-30(36)27(25)28)14-12-21(3)13-15-26(35)39-19-18-34-16-9-10-17-34/h12,23H,6-11,13-20H2,1-5H3,(H2,32,33,37)/b21-12+. The van der Waals surface area contributed by atoms with Crippen LogP contribution < -0.4 is 15.4 Å². The molecule has 0 spiro atoms. The van der Waals surface area contributed by atoms with Crippen molar-refractivity contribution in [2.24, 2.45) is 0 Å². The number of unbranched alkanes of at least 4 members (excludes halogenated alkanes) is 1. The number of amides is 2. The van der Waals surface area contributed by atoms with Gasteiger partial charge < -0.3 is 24.8 Å². The average Bonchev–Trinajstić information content (AvgIpc) is 3.60. The lowest BCUT2D eigenvalue weighted by molar-refractivity contribution is -0.143. The van der Waals surface area contributed by atoms with Crippen LogP contribution in [0.3, 0.4) is 0 Å². The number of rotatable bonds is 15. The fourth-order valence-corrected chi connectivity index (χ4v) is 5.40. The molecule has 3 rings (SSSR count). The van der Waals surface area contributed by atoms with Crippen molar-refractivity contribution < 1.29 is 28.6 Å². The Hall–Kier alpha value is -3.07. The van der Waals surface area contributed by atoms with Crippen molar-refractivity contribution in [2.75, 3.05) is 38.7 Å². The predicted molar refractivity (Wildman–Crippen MR) is 156 cm³/mol. The number of hydrogen-bond donors (Lipinski definition) is 2. The normalized spacial score (nSPS) is 15.9. The van der Waals surface area contributed by atoms with E-state index in [9.17, 15) is 14.4 Å². The Balaban J connectivity index is 1.72. The van der Waals surface area contributed by atoms with Gasteiger partial charge in [-0.15, -0.1) is 0 Å². The van der Waals surface area contributed by atoms with Crippen LogP contribution in [0, 0.1) is 6.92 Å². The van der Waals surface area contributed by atoms with Gasteiger partial charge in [-0.05, 0) is 71.0 Å². The summed E-state index contributed by atoms with van der Waals surface area (Å²) in [6, 6.07) is -0.303. The number of benzene rings is 1. The Bertz CT molecular complexity index is 1080. The smallest absolute Gasteiger partial charge is 0.341 e. The number of carbonyl (C=O) groups excluding carboxylic acids is 3. The molecule has 222 valence electrons. The minimum atomic E-state index is -0.451. The molecular formula is C31H47N3O6. The molecule has 9 heteroatoms. The maximum absolute atomic E-state index is 13.1. The van der Waals surface area contributed by atoms with Gasteiger partial charge in [-0.1, -0.05) is 38.3 Å². The number of anilines is 1. The second kappa shape index (κ2) is 15.6. The zero-order valence-electron chi connectivity index (χ0n) is 25.0. The molecule has 0 aliphatic carbocycles. The molecule has 1 unspecified atom stereocenters. The number of esters is 2. The number of methoxy groups -OCH3 is 1. The lowest BCUT2D eigenvalue weighted by Gasteiger charge is -2.22.